The normalized spacial score (nSPS) is 13.2. The molecule has 432 valence electrons. The summed E-state index contributed by atoms with van der Waals surface area (Å²) in [6, 6.07) is 0. The number of carbonyl (C=O) groups excluding carboxylic acids is 3. The first kappa shape index (κ1) is 72.0. The quantitative estimate of drug-likeness (QED) is 0.0261. The zero-order chi connectivity index (χ0) is 55.7. The van der Waals surface area contributed by atoms with Crippen LogP contribution in [0.4, 0.5) is 0 Å². The van der Waals surface area contributed by atoms with Gasteiger partial charge in [-0.15, -0.1) is 0 Å². The molecule has 0 aromatic rings. The molecular weight excluding hydrogens is 949 g/mol. The summed E-state index contributed by atoms with van der Waals surface area (Å²) in [5, 5.41) is 0. The lowest BCUT2D eigenvalue weighted by molar-refractivity contribution is -0.167. The van der Waals surface area contributed by atoms with Crippen LogP contribution in [-0.4, -0.2) is 37.2 Å². The third-order valence-corrected chi connectivity index (χ3v) is 12.5. The van der Waals surface area contributed by atoms with Crippen molar-refractivity contribution in [3.63, 3.8) is 0 Å². The summed E-state index contributed by atoms with van der Waals surface area (Å²) >= 11 is 0. The summed E-state index contributed by atoms with van der Waals surface area (Å²) in [6.07, 6.45) is 92.4. The van der Waals surface area contributed by atoms with Crippen molar-refractivity contribution in [1.29, 1.82) is 0 Å². The van der Waals surface area contributed by atoms with Crippen molar-refractivity contribution in [2.24, 2.45) is 0 Å². The lowest BCUT2D eigenvalue weighted by Crippen LogP contribution is -2.30. The summed E-state index contributed by atoms with van der Waals surface area (Å²) in [7, 11) is 0. The SMILES string of the molecule is CC/C=C\C/C=C\C/C=C\C/C=C\C/C=C\CCCC(=O)OCC(COC(=O)CCCCCCCCCC/C=C\C/C=C\C/C=C\C/C=C\CC)OC(=O)CCCCCCCCCC/C=C\C/C=C\C/C=C\C/C=C\CC. The Balaban J connectivity index is 4.51. The highest BCUT2D eigenvalue weighted by Crippen LogP contribution is 2.14. The molecule has 0 amide bonds. The third-order valence-electron chi connectivity index (χ3n) is 12.5. The monoisotopic (exact) mass is 1060 g/mol. The summed E-state index contributed by atoms with van der Waals surface area (Å²) in [5.41, 5.74) is 0. The van der Waals surface area contributed by atoms with Crippen molar-refractivity contribution in [2.75, 3.05) is 13.2 Å². The maximum Gasteiger partial charge on any atom is 0.306 e. The van der Waals surface area contributed by atoms with Crippen molar-refractivity contribution < 1.29 is 28.6 Å². The average Bonchev–Trinajstić information content (AvgIpc) is 3.43. The molecule has 0 saturated heterocycles. The molecular formula is C71H112O6. The first-order valence-corrected chi connectivity index (χ1v) is 31.0. The minimum absolute atomic E-state index is 0.110. The smallest absolute Gasteiger partial charge is 0.306 e. The van der Waals surface area contributed by atoms with Crippen LogP contribution in [0.5, 0.6) is 0 Å². The summed E-state index contributed by atoms with van der Waals surface area (Å²) in [5.74, 6) is -0.989. The molecule has 1 unspecified atom stereocenters. The predicted molar refractivity (Wildman–Crippen MR) is 334 cm³/mol. The second-order valence-corrected chi connectivity index (χ2v) is 19.8. The van der Waals surface area contributed by atoms with Gasteiger partial charge in [-0.1, -0.05) is 256 Å². The zero-order valence-corrected chi connectivity index (χ0v) is 49.4. The Kier molecular flexibility index (Phi) is 59.5. The molecule has 0 fully saturated rings. The minimum Gasteiger partial charge on any atom is -0.462 e. The molecule has 0 aromatic heterocycles. The Morgan fingerprint density at radius 3 is 0.779 bits per heavy atom. The molecule has 1 atom stereocenters. The average molecular weight is 1060 g/mol. The Labute approximate surface area is 473 Å². The van der Waals surface area contributed by atoms with Crippen LogP contribution in [-0.2, 0) is 28.6 Å². The largest absolute Gasteiger partial charge is 0.462 e. The highest BCUT2D eigenvalue weighted by atomic mass is 16.6. The van der Waals surface area contributed by atoms with Crippen molar-refractivity contribution in [2.45, 2.75) is 258 Å². The maximum absolute atomic E-state index is 12.9. The van der Waals surface area contributed by atoms with Crippen LogP contribution in [0.25, 0.3) is 0 Å². The fraction of sp³-hybridized carbons (Fsp3) is 0.592. The van der Waals surface area contributed by atoms with Gasteiger partial charge in [-0.3, -0.25) is 14.4 Å². The Bertz CT molecular complexity index is 1740. The van der Waals surface area contributed by atoms with E-state index in [1.807, 2.05) is 0 Å². The van der Waals surface area contributed by atoms with Crippen molar-refractivity contribution in [1.82, 2.24) is 0 Å². The van der Waals surface area contributed by atoms with E-state index in [1.54, 1.807) is 0 Å². The fourth-order valence-electron chi connectivity index (χ4n) is 7.99. The van der Waals surface area contributed by atoms with E-state index < -0.39 is 6.10 Å². The van der Waals surface area contributed by atoms with Gasteiger partial charge in [-0.25, -0.2) is 0 Å². The van der Waals surface area contributed by atoms with Crippen LogP contribution in [0.3, 0.4) is 0 Å². The van der Waals surface area contributed by atoms with Gasteiger partial charge in [0.05, 0.1) is 0 Å². The van der Waals surface area contributed by atoms with E-state index >= 15 is 0 Å². The first-order valence-electron chi connectivity index (χ1n) is 31.0. The van der Waals surface area contributed by atoms with E-state index in [0.29, 0.717) is 19.3 Å². The molecule has 0 saturated carbocycles. The Hall–Kier alpha value is -4.97. The fourth-order valence-corrected chi connectivity index (χ4v) is 7.99. The van der Waals surface area contributed by atoms with Crippen LogP contribution in [0.1, 0.15) is 252 Å². The Morgan fingerprint density at radius 2 is 0.481 bits per heavy atom. The molecule has 0 aliphatic rings. The standard InChI is InChI=1S/C71H112O6/c1-4-7-10-13-16-19-22-25-28-31-33-35-37-40-43-46-49-52-55-58-61-64-70(73)76-67-68(66-75-69(72)63-60-57-54-51-48-45-42-39-30-27-24-21-18-15-12-9-6-3)77-71(74)65-62-59-56-53-50-47-44-41-38-36-34-32-29-26-23-20-17-14-11-8-5-2/h7-12,16-21,25-30,33-36,42,45,51,54,68H,4-6,13-15,22-24,31-32,37-41,43-44,46-50,52-53,55-67H2,1-3H3/b10-7-,11-8-,12-9-,19-16-,20-17-,21-18-,28-25-,29-26-,30-27-,35-33-,36-34-,45-42-,54-51-. The molecule has 0 rings (SSSR count). The second-order valence-electron chi connectivity index (χ2n) is 19.8. The van der Waals surface area contributed by atoms with E-state index in [0.717, 1.165) is 141 Å². The first-order chi connectivity index (χ1) is 38.0. The van der Waals surface area contributed by atoms with Gasteiger partial charge in [-0.2, -0.15) is 0 Å². The molecule has 77 heavy (non-hydrogen) atoms. The van der Waals surface area contributed by atoms with E-state index in [9.17, 15) is 14.4 Å². The molecule has 0 N–H and O–H groups in total. The maximum atomic E-state index is 12.9. The second kappa shape index (κ2) is 63.6. The predicted octanol–water partition coefficient (Wildman–Crippen LogP) is 21.3. The van der Waals surface area contributed by atoms with Crippen LogP contribution >= 0.6 is 0 Å². The molecule has 0 aliphatic carbocycles. The van der Waals surface area contributed by atoms with Crippen molar-refractivity contribution in [3.05, 3.63) is 158 Å². The number of carbonyl (C=O) groups is 3. The van der Waals surface area contributed by atoms with Crippen molar-refractivity contribution in [3.8, 4) is 0 Å². The van der Waals surface area contributed by atoms with Crippen LogP contribution < -0.4 is 0 Å². The molecule has 0 spiro atoms. The van der Waals surface area contributed by atoms with E-state index in [4.69, 9.17) is 14.2 Å². The van der Waals surface area contributed by atoms with E-state index in [1.165, 1.54) is 64.2 Å². The number of hydrogen-bond acceptors (Lipinski definition) is 6. The topological polar surface area (TPSA) is 78.9 Å². The van der Waals surface area contributed by atoms with Gasteiger partial charge in [0.25, 0.3) is 0 Å². The molecule has 0 heterocycles. The van der Waals surface area contributed by atoms with Crippen LogP contribution in [0.2, 0.25) is 0 Å². The van der Waals surface area contributed by atoms with Crippen molar-refractivity contribution >= 4 is 17.9 Å². The summed E-state index contributed by atoms with van der Waals surface area (Å²) < 4.78 is 16.9. The number of unbranched alkanes of at least 4 members (excludes halogenated alkanes) is 17. The third kappa shape index (κ3) is 61.8. The summed E-state index contributed by atoms with van der Waals surface area (Å²) in [4.78, 5) is 38.3. The highest BCUT2D eigenvalue weighted by molar-refractivity contribution is 5.71. The number of hydrogen-bond donors (Lipinski definition) is 0. The van der Waals surface area contributed by atoms with Gasteiger partial charge in [-0.05, 0) is 135 Å². The molecule has 0 radical (unpaired) electrons. The van der Waals surface area contributed by atoms with Gasteiger partial charge < -0.3 is 14.2 Å². The molecule has 0 aliphatic heterocycles. The van der Waals surface area contributed by atoms with Gasteiger partial charge in [0, 0.05) is 19.3 Å². The Morgan fingerprint density at radius 1 is 0.260 bits per heavy atom. The minimum atomic E-state index is -0.819. The van der Waals surface area contributed by atoms with E-state index in [-0.39, 0.29) is 37.5 Å². The van der Waals surface area contributed by atoms with Crippen LogP contribution in [0.15, 0.2) is 158 Å². The number of rotatable bonds is 54. The van der Waals surface area contributed by atoms with Gasteiger partial charge >= 0.3 is 17.9 Å². The van der Waals surface area contributed by atoms with Gasteiger partial charge in [0.1, 0.15) is 13.2 Å². The molecule has 0 bridgehead atoms. The lowest BCUT2D eigenvalue weighted by Gasteiger charge is -2.18. The number of ether oxygens (including phenoxy) is 3. The van der Waals surface area contributed by atoms with Gasteiger partial charge in [0.2, 0.25) is 0 Å². The van der Waals surface area contributed by atoms with E-state index in [2.05, 4.69) is 179 Å². The number of esters is 3. The molecule has 6 nitrogen and oxygen atoms in total. The lowest BCUT2D eigenvalue weighted by atomic mass is 10.1. The van der Waals surface area contributed by atoms with Gasteiger partial charge in [0.15, 0.2) is 6.10 Å². The molecule has 6 heteroatoms. The molecule has 0 aromatic carbocycles. The highest BCUT2D eigenvalue weighted by Gasteiger charge is 2.19. The number of allylic oxidation sites excluding steroid dienone is 26. The summed E-state index contributed by atoms with van der Waals surface area (Å²) in [6.45, 7) is 6.24. The zero-order valence-electron chi connectivity index (χ0n) is 49.4. The van der Waals surface area contributed by atoms with Crippen LogP contribution in [0, 0.1) is 0 Å².